The Hall–Kier alpha value is -7.36. The van der Waals surface area contributed by atoms with E-state index in [0.29, 0.717) is 0 Å². The Morgan fingerprint density at radius 2 is 0.945 bits per heavy atom. The van der Waals surface area contributed by atoms with Crippen molar-refractivity contribution in [1.29, 1.82) is 0 Å². The lowest BCUT2D eigenvalue weighted by atomic mass is 10.0. The second-order valence-electron chi connectivity index (χ2n) is 14.1. The van der Waals surface area contributed by atoms with Gasteiger partial charge in [-0.1, -0.05) is 146 Å². The molecule has 55 heavy (non-hydrogen) atoms. The van der Waals surface area contributed by atoms with Crippen LogP contribution in [0.3, 0.4) is 0 Å². The SMILES string of the molecule is c1ccc(-c2ccc(N(c3ccc(-c4cccc5c4oc4c6ccccc6ccc54)cc3)c3cccc4c3c3ccccc3n4-c3ccccc3)cc2)cc1. The zero-order chi connectivity index (χ0) is 36.3. The van der Waals surface area contributed by atoms with Crippen molar-refractivity contribution in [3.63, 3.8) is 0 Å². The summed E-state index contributed by atoms with van der Waals surface area (Å²) in [5.74, 6) is 0. The number of benzene rings is 9. The van der Waals surface area contributed by atoms with Gasteiger partial charge >= 0.3 is 0 Å². The van der Waals surface area contributed by atoms with E-state index in [0.717, 1.165) is 66.7 Å². The van der Waals surface area contributed by atoms with Gasteiger partial charge < -0.3 is 13.9 Å². The molecule has 0 aliphatic heterocycles. The Labute approximate surface area is 318 Å². The van der Waals surface area contributed by atoms with Gasteiger partial charge in [-0.3, -0.25) is 0 Å². The van der Waals surface area contributed by atoms with E-state index in [9.17, 15) is 0 Å². The summed E-state index contributed by atoms with van der Waals surface area (Å²) < 4.78 is 9.11. The number of fused-ring (bicyclic) bond motifs is 8. The van der Waals surface area contributed by atoms with Gasteiger partial charge in [-0.05, 0) is 82.7 Å². The van der Waals surface area contributed by atoms with Gasteiger partial charge in [-0.25, -0.2) is 0 Å². The van der Waals surface area contributed by atoms with Crippen LogP contribution in [-0.4, -0.2) is 4.57 Å². The van der Waals surface area contributed by atoms with Gasteiger partial charge in [0.1, 0.15) is 11.2 Å². The van der Waals surface area contributed by atoms with Crippen molar-refractivity contribution in [2.45, 2.75) is 0 Å². The topological polar surface area (TPSA) is 21.3 Å². The van der Waals surface area contributed by atoms with Crippen LogP contribution in [0.4, 0.5) is 17.1 Å². The summed E-state index contributed by atoms with van der Waals surface area (Å²) in [5, 5.41) is 7.00. The van der Waals surface area contributed by atoms with Crippen molar-refractivity contribution in [1.82, 2.24) is 4.57 Å². The maximum Gasteiger partial charge on any atom is 0.143 e. The first-order chi connectivity index (χ1) is 27.3. The quantitative estimate of drug-likeness (QED) is 0.172. The molecule has 0 N–H and O–H groups in total. The summed E-state index contributed by atoms with van der Waals surface area (Å²) in [6.45, 7) is 0. The van der Waals surface area contributed by atoms with E-state index < -0.39 is 0 Å². The number of rotatable bonds is 6. The van der Waals surface area contributed by atoms with E-state index in [1.165, 1.54) is 32.8 Å². The molecule has 0 unspecified atom stereocenters. The summed E-state index contributed by atoms with van der Waals surface area (Å²) in [5.41, 5.74) is 13.2. The Morgan fingerprint density at radius 1 is 0.364 bits per heavy atom. The minimum absolute atomic E-state index is 0.911. The van der Waals surface area contributed by atoms with Crippen molar-refractivity contribution in [3.8, 4) is 27.9 Å². The second kappa shape index (κ2) is 12.6. The minimum Gasteiger partial charge on any atom is -0.455 e. The molecule has 9 aromatic carbocycles. The third kappa shape index (κ3) is 5.05. The van der Waals surface area contributed by atoms with Crippen LogP contribution in [0, 0.1) is 0 Å². The van der Waals surface area contributed by atoms with Crippen LogP contribution in [0.25, 0.3) is 82.5 Å². The average molecular weight is 703 g/mol. The lowest BCUT2D eigenvalue weighted by molar-refractivity contribution is 0.674. The minimum atomic E-state index is 0.911. The average Bonchev–Trinajstić information content (AvgIpc) is 3.82. The number of furan rings is 1. The lowest BCUT2D eigenvalue weighted by Crippen LogP contribution is -2.10. The van der Waals surface area contributed by atoms with E-state index in [2.05, 4.69) is 216 Å². The molecule has 0 saturated heterocycles. The first-order valence-corrected chi connectivity index (χ1v) is 18.8. The molecule has 0 amide bonds. The summed E-state index contributed by atoms with van der Waals surface area (Å²) in [6, 6.07) is 73.8. The molecule has 3 nitrogen and oxygen atoms in total. The van der Waals surface area contributed by atoms with Gasteiger partial charge in [0.15, 0.2) is 0 Å². The third-order valence-corrected chi connectivity index (χ3v) is 11.0. The molecule has 11 aromatic rings. The zero-order valence-corrected chi connectivity index (χ0v) is 29.9. The highest BCUT2D eigenvalue weighted by atomic mass is 16.3. The van der Waals surface area contributed by atoms with Crippen molar-refractivity contribution in [2.75, 3.05) is 4.90 Å². The number of aromatic nitrogens is 1. The monoisotopic (exact) mass is 702 g/mol. The van der Waals surface area contributed by atoms with Crippen molar-refractivity contribution in [3.05, 3.63) is 206 Å². The molecule has 3 heteroatoms. The standard InChI is InChI=1S/C52H34N2O/c1-3-13-35(14-4-1)36-25-30-40(31-26-36)53(48-23-12-24-49-50(48)46-19-9-10-22-47(46)54(49)39-16-5-2-6-17-39)41-32-27-38(28-33-41)43-20-11-21-44-45-34-29-37-15-7-8-18-42(37)52(45)55-51(43)44/h1-34H. The zero-order valence-electron chi connectivity index (χ0n) is 29.9. The summed E-state index contributed by atoms with van der Waals surface area (Å²) in [7, 11) is 0. The van der Waals surface area contributed by atoms with Gasteiger partial charge in [0, 0.05) is 49.6 Å². The normalized spacial score (nSPS) is 11.6. The molecule has 0 radical (unpaired) electrons. The van der Waals surface area contributed by atoms with Crippen LogP contribution in [0.5, 0.6) is 0 Å². The molecular weight excluding hydrogens is 669 g/mol. The number of nitrogens with zero attached hydrogens (tertiary/aromatic N) is 2. The highest BCUT2D eigenvalue weighted by molar-refractivity contribution is 6.18. The van der Waals surface area contributed by atoms with E-state index in [1.807, 2.05) is 0 Å². The number of hydrogen-bond acceptors (Lipinski definition) is 2. The van der Waals surface area contributed by atoms with Gasteiger partial charge in [0.25, 0.3) is 0 Å². The Morgan fingerprint density at radius 3 is 1.73 bits per heavy atom. The summed E-state index contributed by atoms with van der Waals surface area (Å²) >= 11 is 0. The van der Waals surface area contributed by atoms with Crippen molar-refractivity contribution in [2.24, 2.45) is 0 Å². The predicted molar refractivity (Wildman–Crippen MR) is 231 cm³/mol. The van der Waals surface area contributed by atoms with Gasteiger partial charge in [0.05, 0.1) is 16.7 Å². The van der Waals surface area contributed by atoms with Gasteiger partial charge in [0.2, 0.25) is 0 Å². The van der Waals surface area contributed by atoms with Crippen LogP contribution in [-0.2, 0) is 0 Å². The van der Waals surface area contributed by atoms with Crippen LogP contribution < -0.4 is 4.90 Å². The van der Waals surface area contributed by atoms with Gasteiger partial charge in [-0.15, -0.1) is 0 Å². The fourth-order valence-electron chi connectivity index (χ4n) is 8.45. The molecule has 0 bridgehead atoms. The Kier molecular flexibility index (Phi) is 7.17. The van der Waals surface area contributed by atoms with Crippen molar-refractivity contribution >= 4 is 71.6 Å². The third-order valence-electron chi connectivity index (χ3n) is 11.0. The fraction of sp³-hybridized carbons (Fsp3) is 0. The molecule has 0 aliphatic rings. The predicted octanol–water partition coefficient (Wildman–Crippen LogP) is 14.6. The van der Waals surface area contributed by atoms with Gasteiger partial charge in [-0.2, -0.15) is 0 Å². The Balaban J connectivity index is 1.10. The lowest BCUT2D eigenvalue weighted by Gasteiger charge is -2.27. The molecule has 11 rings (SSSR count). The van der Waals surface area contributed by atoms with Crippen LogP contribution in [0.2, 0.25) is 0 Å². The first kappa shape index (κ1) is 31.2. The highest BCUT2D eigenvalue weighted by Gasteiger charge is 2.22. The summed E-state index contributed by atoms with van der Waals surface area (Å²) in [4.78, 5) is 2.40. The van der Waals surface area contributed by atoms with Crippen LogP contribution in [0.1, 0.15) is 0 Å². The molecule has 2 aromatic heterocycles. The fourth-order valence-corrected chi connectivity index (χ4v) is 8.45. The Bertz CT molecular complexity index is 3180. The van der Waals surface area contributed by atoms with E-state index in [4.69, 9.17) is 4.42 Å². The van der Waals surface area contributed by atoms with E-state index in [1.54, 1.807) is 0 Å². The molecule has 0 fully saturated rings. The number of para-hydroxylation sites is 3. The molecule has 0 saturated carbocycles. The van der Waals surface area contributed by atoms with E-state index >= 15 is 0 Å². The van der Waals surface area contributed by atoms with Crippen LogP contribution >= 0.6 is 0 Å². The van der Waals surface area contributed by atoms with Crippen molar-refractivity contribution < 1.29 is 4.42 Å². The smallest absolute Gasteiger partial charge is 0.143 e. The maximum atomic E-state index is 6.73. The molecular formula is C52H34N2O. The molecule has 258 valence electrons. The van der Waals surface area contributed by atoms with E-state index in [-0.39, 0.29) is 0 Å². The summed E-state index contributed by atoms with van der Waals surface area (Å²) in [6.07, 6.45) is 0. The molecule has 0 atom stereocenters. The second-order valence-corrected chi connectivity index (χ2v) is 14.1. The van der Waals surface area contributed by atoms with Crippen LogP contribution in [0.15, 0.2) is 211 Å². The maximum absolute atomic E-state index is 6.73. The number of hydrogen-bond donors (Lipinski definition) is 0. The highest BCUT2D eigenvalue weighted by Crippen LogP contribution is 2.45. The molecule has 0 aliphatic carbocycles. The largest absolute Gasteiger partial charge is 0.455 e. The molecule has 2 heterocycles. The molecule has 0 spiro atoms. The number of anilines is 3. The first-order valence-electron chi connectivity index (χ1n) is 18.8.